The van der Waals surface area contributed by atoms with Crippen LogP contribution in [0.4, 0.5) is 0 Å². The molecule has 1 aromatic carbocycles. The number of nitrogens with one attached hydrogen (secondary N) is 3. The zero-order chi connectivity index (χ0) is 20.7. The molecule has 148 valence electrons. The zero-order valence-corrected chi connectivity index (χ0v) is 15.5. The van der Waals surface area contributed by atoms with Gasteiger partial charge in [-0.25, -0.2) is 0 Å². The van der Waals surface area contributed by atoms with Crippen molar-refractivity contribution in [2.45, 2.75) is 44.3 Å². The van der Waals surface area contributed by atoms with Gasteiger partial charge in [-0.15, -0.1) is 0 Å². The first-order valence-corrected chi connectivity index (χ1v) is 8.92. The van der Waals surface area contributed by atoms with Gasteiger partial charge in [0.1, 0.15) is 18.1 Å². The summed E-state index contributed by atoms with van der Waals surface area (Å²) in [6.45, 7) is 1.61. The van der Waals surface area contributed by atoms with Gasteiger partial charge in [0.15, 0.2) is 0 Å². The average Bonchev–Trinajstić information content (AvgIpc) is 2.64. The number of primary amides is 1. The standard InChI is InChI=1S/C19H23N5O4/c1-11(7-8-20)16(17(21)26)24-15(25)10-14-19(28)22-13(18(27)23-14)9-12-5-3-2-4-6-12/h2-6,11,13-14,16H,7,9-10H2,1H3,(H2,21,26)(H,22,28)(H,23,27)(H,24,25)/t11-,13+,14+,16-/m1/s1. The Morgan fingerprint density at radius 3 is 2.39 bits per heavy atom. The minimum absolute atomic E-state index is 0.0374. The minimum atomic E-state index is -1.04. The molecule has 1 saturated heterocycles. The summed E-state index contributed by atoms with van der Waals surface area (Å²) >= 11 is 0. The van der Waals surface area contributed by atoms with E-state index in [1.807, 2.05) is 36.4 Å². The van der Waals surface area contributed by atoms with Gasteiger partial charge in [0.25, 0.3) is 0 Å². The molecule has 1 aliphatic heterocycles. The van der Waals surface area contributed by atoms with Crippen LogP contribution in [0.15, 0.2) is 30.3 Å². The normalized spacial score (nSPS) is 20.9. The molecule has 0 spiro atoms. The summed E-state index contributed by atoms with van der Waals surface area (Å²) in [5.74, 6) is -2.72. The van der Waals surface area contributed by atoms with E-state index in [-0.39, 0.29) is 18.7 Å². The highest BCUT2D eigenvalue weighted by atomic mass is 16.2. The first-order valence-electron chi connectivity index (χ1n) is 8.92. The summed E-state index contributed by atoms with van der Waals surface area (Å²) in [5.41, 5.74) is 6.18. The second kappa shape index (κ2) is 9.50. The molecule has 1 heterocycles. The number of hydrogen-bond acceptors (Lipinski definition) is 5. The van der Waals surface area contributed by atoms with Gasteiger partial charge in [-0.3, -0.25) is 19.2 Å². The molecule has 0 aromatic heterocycles. The molecule has 0 aliphatic carbocycles. The molecule has 5 N–H and O–H groups in total. The molecule has 0 unspecified atom stereocenters. The van der Waals surface area contributed by atoms with Gasteiger partial charge in [-0.2, -0.15) is 5.26 Å². The number of nitriles is 1. The third-order valence-electron chi connectivity index (χ3n) is 4.54. The number of hydrogen-bond donors (Lipinski definition) is 4. The van der Waals surface area contributed by atoms with E-state index in [0.717, 1.165) is 5.56 Å². The van der Waals surface area contributed by atoms with Crippen molar-refractivity contribution in [1.82, 2.24) is 16.0 Å². The topological polar surface area (TPSA) is 154 Å². The highest BCUT2D eigenvalue weighted by Crippen LogP contribution is 2.10. The fraction of sp³-hybridized carbons (Fsp3) is 0.421. The fourth-order valence-electron chi connectivity index (χ4n) is 2.99. The van der Waals surface area contributed by atoms with Gasteiger partial charge in [0, 0.05) is 12.8 Å². The van der Waals surface area contributed by atoms with Crippen molar-refractivity contribution in [3.05, 3.63) is 35.9 Å². The minimum Gasteiger partial charge on any atom is -0.368 e. The Balaban J connectivity index is 1.93. The summed E-state index contributed by atoms with van der Waals surface area (Å²) < 4.78 is 0. The number of nitrogens with two attached hydrogens (primary N) is 1. The van der Waals surface area contributed by atoms with E-state index in [1.165, 1.54) is 0 Å². The van der Waals surface area contributed by atoms with Gasteiger partial charge in [0.05, 0.1) is 12.5 Å². The zero-order valence-electron chi connectivity index (χ0n) is 15.5. The predicted molar refractivity (Wildman–Crippen MR) is 99.1 cm³/mol. The number of piperazine rings is 1. The monoisotopic (exact) mass is 385 g/mol. The molecule has 9 nitrogen and oxygen atoms in total. The van der Waals surface area contributed by atoms with Gasteiger partial charge >= 0.3 is 0 Å². The first kappa shape index (κ1) is 20.9. The number of benzene rings is 1. The Labute approximate surface area is 162 Å². The molecule has 28 heavy (non-hydrogen) atoms. The number of nitrogens with zero attached hydrogens (tertiary/aromatic N) is 1. The third-order valence-corrected chi connectivity index (χ3v) is 4.54. The maximum absolute atomic E-state index is 12.3. The van der Waals surface area contributed by atoms with Crippen molar-refractivity contribution in [1.29, 1.82) is 5.26 Å². The second-order valence-corrected chi connectivity index (χ2v) is 6.80. The third kappa shape index (κ3) is 5.54. The van der Waals surface area contributed by atoms with E-state index in [4.69, 9.17) is 11.0 Å². The van der Waals surface area contributed by atoms with Gasteiger partial charge in [-0.1, -0.05) is 37.3 Å². The fourth-order valence-corrected chi connectivity index (χ4v) is 2.99. The molecule has 0 saturated carbocycles. The molecular formula is C19H23N5O4. The van der Waals surface area contributed by atoms with Crippen molar-refractivity contribution in [3.8, 4) is 6.07 Å². The van der Waals surface area contributed by atoms with Crippen LogP contribution in [0.3, 0.4) is 0 Å². The quantitative estimate of drug-likeness (QED) is 0.458. The van der Waals surface area contributed by atoms with E-state index in [9.17, 15) is 19.2 Å². The maximum atomic E-state index is 12.3. The average molecular weight is 385 g/mol. The smallest absolute Gasteiger partial charge is 0.243 e. The van der Waals surface area contributed by atoms with E-state index in [0.29, 0.717) is 6.42 Å². The molecule has 1 fully saturated rings. The van der Waals surface area contributed by atoms with Crippen molar-refractivity contribution < 1.29 is 19.2 Å². The Morgan fingerprint density at radius 1 is 1.18 bits per heavy atom. The van der Waals surface area contributed by atoms with Crippen LogP contribution in [0.5, 0.6) is 0 Å². The van der Waals surface area contributed by atoms with Gasteiger partial charge < -0.3 is 21.7 Å². The summed E-state index contributed by atoms with van der Waals surface area (Å²) in [6.07, 6.45) is 0.0428. The molecule has 1 aromatic rings. The molecule has 2 rings (SSSR count). The van der Waals surface area contributed by atoms with Crippen LogP contribution in [0, 0.1) is 17.2 Å². The Morgan fingerprint density at radius 2 is 1.79 bits per heavy atom. The molecule has 4 amide bonds. The summed E-state index contributed by atoms with van der Waals surface area (Å²) in [6, 6.07) is 8.37. The first-order chi connectivity index (χ1) is 13.3. The number of rotatable bonds is 8. The van der Waals surface area contributed by atoms with Gasteiger partial charge in [-0.05, 0) is 11.5 Å². The SMILES string of the molecule is C[C@H](CC#N)[C@@H](NC(=O)C[C@@H]1NC(=O)[C@H](Cc2ccccc2)NC1=O)C(N)=O. The summed E-state index contributed by atoms with van der Waals surface area (Å²) in [7, 11) is 0. The lowest BCUT2D eigenvalue weighted by Crippen LogP contribution is -2.63. The summed E-state index contributed by atoms with van der Waals surface area (Å²) in [4.78, 5) is 48.3. The van der Waals surface area contributed by atoms with Crippen molar-refractivity contribution in [2.24, 2.45) is 11.7 Å². The van der Waals surface area contributed by atoms with Crippen LogP contribution in [-0.4, -0.2) is 41.8 Å². The lowest BCUT2D eigenvalue weighted by atomic mass is 9.97. The Bertz CT molecular complexity index is 789. The van der Waals surface area contributed by atoms with Crippen molar-refractivity contribution in [2.75, 3.05) is 0 Å². The van der Waals surface area contributed by atoms with Crippen LogP contribution in [0.2, 0.25) is 0 Å². The largest absolute Gasteiger partial charge is 0.368 e. The number of carbonyl (C=O) groups is 4. The lowest BCUT2D eigenvalue weighted by Gasteiger charge is -2.30. The molecule has 0 radical (unpaired) electrons. The molecule has 1 aliphatic rings. The highest BCUT2D eigenvalue weighted by Gasteiger charge is 2.35. The number of carbonyl (C=O) groups excluding carboxylic acids is 4. The lowest BCUT2D eigenvalue weighted by molar-refractivity contribution is -0.138. The van der Waals surface area contributed by atoms with Crippen LogP contribution in [0.1, 0.15) is 25.3 Å². The van der Waals surface area contributed by atoms with Gasteiger partial charge in [0.2, 0.25) is 23.6 Å². The maximum Gasteiger partial charge on any atom is 0.243 e. The Kier molecular flexibility index (Phi) is 7.09. The molecular weight excluding hydrogens is 362 g/mol. The predicted octanol–water partition coefficient (Wildman–Crippen LogP) is -0.878. The van der Waals surface area contributed by atoms with Crippen LogP contribution in [0.25, 0.3) is 0 Å². The van der Waals surface area contributed by atoms with Crippen molar-refractivity contribution >= 4 is 23.6 Å². The van der Waals surface area contributed by atoms with E-state index < -0.39 is 41.8 Å². The second-order valence-electron chi connectivity index (χ2n) is 6.80. The van der Waals surface area contributed by atoms with Crippen molar-refractivity contribution in [3.63, 3.8) is 0 Å². The van der Waals surface area contributed by atoms with E-state index in [2.05, 4.69) is 16.0 Å². The van der Waals surface area contributed by atoms with Crippen LogP contribution < -0.4 is 21.7 Å². The van der Waals surface area contributed by atoms with Crippen LogP contribution in [-0.2, 0) is 25.6 Å². The Hall–Kier alpha value is -3.41. The van der Waals surface area contributed by atoms with Crippen LogP contribution >= 0.6 is 0 Å². The molecule has 0 bridgehead atoms. The number of amides is 4. The summed E-state index contributed by atoms with van der Waals surface area (Å²) in [5, 5.41) is 16.3. The van der Waals surface area contributed by atoms with E-state index >= 15 is 0 Å². The highest BCUT2D eigenvalue weighted by molar-refractivity contribution is 5.99. The van der Waals surface area contributed by atoms with E-state index in [1.54, 1.807) is 6.92 Å². The molecule has 4 atom stereocenters. The molecule has 9 heteroatoms.